The number of amides is 1. The highest BCUT2D eigenvalue weighted by Crippen LogP contribution is 2.31. The van der Waals surface area contributed by atoms with Crippen LogP contribution in [0.25, 0.3) is 0 Å². The molecule has 1 saturated carbocycles. The Labute approximate surface area is 117 Å². The number of benzene rings is 1. The Morgan fingerprint density at radius 3 is 2.37 bits per heavy atom. The van der Waals surface area contributed by atoms with Crippen LogP contribution in [-0.2, 0) is 4.79 Å². The van der Waals surface area contributed by atoms with Crippen molar-refractivity contribution in [3.63, 3.8) is 0 Å². The van der Waals surface area contributed by atoms with E-state index in [1.165, 1.54) is 18.4 Å². The maximum atomic E-state index is 12.1. The summed E-state index contributed by atoms with van der Waals surface area (Å²) in [6.45, 7) is 8.23. The highest BCUT2D eigenvalue weighted by atomic mass is 16.1. The molecule has 0 aliphatic heterocycles. The summed E-state index contributed by atoms with van der Waals surface area (Å²) in [5.74, 6) is 0.991. The van der Waals surface area contributed by atoms with E-state index in [0.717, 1.165) is 6.42 Å². The zero-order chi connectivity index (χ0) is 14.3. The number of carbonyl (C=O) groups is 1. The van der Waals surface area contributed by atoms with Gasteiger partial charge < -0.3 is 5.32 Å². The second-order valence-corrected chi connectivity index (χ2v) is 5.16. The largest absolute Gasteiger partial charge is 0.349 e. The van der Waals surface area contributed by atoms with Gasteiger partial charge in [-0.25, -0.2) is 0 Å². The average Bonchev–Trinajstić information content (AvgIpc) is 2.88. The van der Waals surface area contributed by atoms with E-state index in [-0.39, 0.29) is 17.9 Å². The van der Waals surface area contributed by atoms with Crippen molar-refractivity contribution in [3.8, 4) is 0 Å². The van der Waals surface area contributed by atoms with Crippen LogP contribution < -0.4 is 5.32 Å². The molecule has 0 heterocycles. The third-order valence-electron chi connectivity index (χ3n) is 3.86. The van der Waals surface area contributed by atoms with Crippen LogP contribution in [0.15, 0.2) is 30.3 Å². The van der Waals surface area contributed by atoms with Crippen molar-refractivity contribution in [1.82, 2.24) is 5.32 Å². The Morgan fingerprint density at radius 1 is 1.21 bits per heavy atom. The summed E-state index contributed by atoms with van der Waals surface area (Å²) in [6.07, 6.45) is 3.44. The van der Waals surface area contributed by atoms with E-state index in [9.17, 15) is 4.79 Å². The highest BCUT2D eigenvalue weighted by molar-refractivity contribution is 5.79. The van der Waals surface area contributed by atoms with Gasteiger partial charge in [0.1, 0.15) is 0 Å². The van der Waals surface area contributed by atoms with E-state index in [0.29, 0.717) is 5.92 Å². The van der Waals surface area contributed by atoms with Crippen molar-refractivity contribution in [3.05, 3.63) is 35.9 Å². The summed E-state index contributed by atoms with van der Waals surface area (Å²) < 4.78 is 0. The number of hydrogen-bond acceptors (Lipinski definition) is 1. The lowest BCUT2D eigenvalue weighted by molar-refractivity contribution is -0.126. The Balaban J connectivity index is 0.000000861. The molecule has 1 aromatic rings. The monoisotopic (exact) mass is 261 g/mol. The molecule has 0 bridgehead atoms. The lowest BCUT2D eigenvalue weighted by Crippen LogP contribution is -2.33. The van der Waals surface area contributed by atoms with Gasteiger partial charge in [0.05, 0.1) is 6.04 Å². The van der Waals surface area contributed by atoms with Crippen LogP contribution in [0.1, 0.15) is 58.6 Å². The van der Waals surface area contributed by atoms with Crippen LogP contribution in [0.2, 0.25) is 0 Å². The van der Waals surface area contributed by atoms with E-state index in [1.54, 1.807) is 0 Å². The van der Waals surface area contributed by atoms with E-state index >= 15 is 0 Å². The van der Waals surface area contributed by atoms with Crippen LogP contribution in [0.3, 0.4) is 0 Å². The van der Waals surface area contributed by atoms with Gasteiger partial charge in [-0.1, -0.05) is 57.5 Å². The molecule has 19 heavy (non-hydrogen) atoms. The van der Waals surface area contributed by atoms with Crippen molar-refractivity contribution in [2.45, 2.75) is 53.0 Å². The van der Waals surface area contributed by atoms with Gasteiger partial charge in [0.15, 0.2) is 0 Å². The van der Waals surface area contributed by atoms with E-state index in [4.69, 9.17) is 0 Å². The standard InChI is InChI=1S/C15H21NO.C2H6/c1-11-7-6-10-14(11)15(17)16-12(2)13-8-4-3-5-9-13;1-2/h3-5,8-9,11-12,14H,6-7,10H2,1-2H3,(H,16,17);1-2H3. The van der Waals surface area contributed by atoms with Crippen LogP contribution in [0.5, 0.6) is 0 Å². The van der Waals surface area contributed by atoms with Gasteiger partial charge in [-0.3, -0.25) is 4.79 Å². The van der Waals surface area contributed by atoms with Gasteiger partial charge in [-0.15, -0.1) is 0 Å². The maximum absolute atomic E-state index is 12.1. The van der Waals surface area contributed by atoms with Crippen molar-refractivity contribution < 1.29 is 4.79 Å². The predicted octanol–water partition coefficient (Wildman–Crippen LogP) is 4.33. The first-order valence-electron chi connectivity index (χ1n) is 7.54. The topological polar surface area (TPSA) is 29.1 Å². The number of hydrogen-bond donors (Lipinski definition) is 1. The minimum atomic E-state index is 0.108. The fourth-order valence-corrected chi connectivity index (χ4v) is 2.68. The molecule has 1 amide bonds. The smallest absolute Gasteiger partial charge is 0.223 e. The molecule has 3 atom stereocenters. The minimum Gasteiger partial charge on any atom is -0.349 e. The number of nitrogens with one attached hydrogen (secondary N) is 1. The summed E-state index contributed by atoms with van der Waals surface area (Å²) in [7, 11) is 0. The van der Waals surface area contributed by atoms with Gasteiger partial charge in [0.2, 0.25) is 5.91 Å². The van der Waals surface area contributed by atoms with Crippen molar-refractivity contribution in [1.29, 1.82) is 0 Å². The molecule has 0 radical (unpaired) electrons. The van der Waals surface area contributed by atoms with Crippen LogP contribution >= 0.6 is 0 Å². The second-order valence-electron chi connectivity index (χ2n) is 5.16. The average molecular weight is 261 g/mol. The Hall–Kier alpha value is -1.31. The summed E-state index contributed by atoms with van der Waals surface area (Å²) in [4.78, 5) is 12.1. The van der Waals surface area contributed by atoms with Gasteiger partial charge in [-0.05, 0) is 31.2 Å². The lowest BCUT2D eigenvalue weighted by Gasteiger charge is -2.19. The Bertz CT molecular complexity index is 374. The first-order chi connectivity index (χ1) is 9.18. The van der Waals surface area contributed by atoms with E-state index in [2.05, 4.69) is 24.4 Å². The van der Waals surface area contributed by atoms with E-state index < -0.39 is 0 Å². The van der Waals surface area contributed by atoms with Crippen molar-refractivity contribution >= 4 is 5.91 Å². The molecule has 1 N–H and O–H groups in total. The molecule has 2 nitrogen and oxygen atoms in total. The molecule has 2 rings (SSSR count). The predicted molar refractivity (Wildman–Crippen MR) is 80.9 cm³/mol. The number of rotatable bonds is 3. The fraction of sp³-hybridized carbons (Fsp3) is 0.588. The van der Waals surface area contributed by atoms with Crippen LogP contribution in [0, 0.1) is 11.8 Å². The molecular formula is C17H27NO. The third kappa shape index (κ3) is 4.38. The molecule has 1 aromatic carbocycles. The highest BCUT2D eigenvalue weighted by Gasteiger charge is 2.30. The van der Waals surface area contributed by atoms with Crippen LogP contribution in [-0.4, -0.2) is 5.91 Å². The second kappa shape index (κ2) is 7.98. The maximum Gasteiger partial charge on any atom is 0.223 e. The Morgan fingerprint density at radius 2 is 1.84 bits per heavy atom. The zero-order valence-corrected chi connectivity index (χ0v) is 12.6. The molecule has 0 aromatic heterocycles. The summed E-state index contributed by atoms with van der Waals surface area (Å²) in [6, 6.07) is 10.2. The first kappa shape index (κ1) is 15.7. The fourth-order valence-electron chi connectivity index (χ4n) is 2.68. The minimum absolute atomic E-state index is 0.108. The van der Waals surface area contributed by atoms with Gasteiger partial charge >= 0.3 is 0 Å². The molecule has 0 spiro atoms. The molecule has 0 saturated heterocycles. The van der Waals surface area contributed by atoms with Crippen LogP contribution in [0.4, 0.5) is 0 Å². The molecule has 1 aliphatic rings. The van der Waals surface area contributed by atoms with Gasteiger partial charge in [0.25, 0.3) is 0 Å². The number of carbonyl (C=O) groups excluding carboxylic acids is 1. The SMILES string of the molecule is CC.CC(NC(=O)C1CCCC1C)c1ccccc1. The lowest BCUT2D eigenvalue weighted by atomic mass is 9.96. The zero-order valence-electron chi connectivity index (χ0n) is 12.6. The van der Waals surface area contributed by atoms with Crippen molar-refractivity contribution in [2.75, 3.05) is 0 Å². The molecular weight excluding hydrogens is 234 g/mol. The van der Waals surface area contributed by atoms with Crippen molar-refractivity contribution in [2.24, 2.45) is 11.8 Å². The summed E-state index contributed by atoms with van der Waals surface area (Å²) >= 11 is 0. The Kier molecular flexibility index (Phi) is 6.61. The van der Waals surface area contributed by atoms with E-state index in [1.807, 2.05) is 39.0 Å². The molecule has 3 unspecified atom stereocenters. The van der Waals surface area contributed by atoms with Gasteiger partial charge in [-0.2, -0.15) is 0 Å². The molecule has 106 valence electrons. The third-order valence-corrected chi connectivity index (χ3v) is 3.86. The summed E-state index contributed by atoms with van der Waals surface area (Å²) in [5.41, 5.74) is 1.17. The quantitative estimate of drug-likeness (QED) is 0.862. The first-order valence-corrected chi connectivity index (χ1v) is 7.54. The normalized spacial score (nSPS) is 23.2. The summed E-state index contributed by atoms with van der Waals surface area (Å²) in [5, 5.41) is 3.13. The molecule has 1 fully saturated rings. The molecule has 1 aliphatic carbocycles. The molecule has 2 heteroatoms. The van der Waals surface area contributed by atoms with Gasteiger partial charge in [0, 0.05) is 5.92 Å².